The summed E-state index contributed by atoms with van der Waals surface area (Å²) in [5.74, 6) is 0.460. The van der Waals surface area contributed by atoms with Gasteiger partial charge in [0.2, 0.25) is 0 Å². The Morgan fingerprint density at radius 2 is 2.00 bits per heavy atom. The average molecular weight is 397 g/mol. The summed E-state index contributed by atoms with van der Waals surface area (Å²) in [5.41, 5.74) is 1.36. The highest BCUT2D eigenvalue weighted by Gasteiger charge is 2.17. The van der Waals surface area contributed by atoms with E-state index in [1.54, 1.807) is 29.5 Å². The Kier molecular flexibility index (Phi) is 5.17. The number of fused-ring (bicyclic) bond motifs is 1. The Morgan fingerprint density at radius 1 is 1.20 bits per heavy atom. The summed E-state index contributed by atoms with van der Waals surface area (Å²) in [6.45, 7) is 4.33. The largest absolute Gasteiger partial charge is 0.492 e. The molecule has 0 aliphatic carbocycles. The molecule has 0 saturated carbocycles. The van der Waals surface area contributed by atoms with Crippen LogP contribution in [0.5, 0.6) is 5.75 Å². The number of ether oxygens (including phenoxy) is 1. The van der Waals surface area contributed by atoms with E-state index in [-0.39, 0.29) is 9.92 Å². The van der Waals surface area contributed by atoms with Crippen molar-refractivity contribution in [2.75, 3.05) is 11.3 Å². The lowest BCUT2D eigenvalue weighted by Gasteiger charge is -2.10. The van der Waals surface area contributed by atoms with Crippen LogP contribution in [0.2, 0.25) is 5.02 Å². The standard InChI is InChI=1S/C17H17ClN2O3S2/c1-3-17-19-14-7-5-11(9-16(14)24-17)20-25(21,22)12-6-8-15(23-4-2)13(18)10-12/h5-10,20H,3-4H2,1-2H3. The van der Waals surface area contributed by atoms with Crippen LogP contribution in [0.15, 0.2) is 41.3 Å². The van der Waals surface area contributed by atoms with E-state index in [0.717, 1.165) is 21.6 Å². The van der Waals surface area contributed by atoms with Crippen molar-refractivity contribution in [3.05, 3.63) is 46.4 Å². The fourth-order valence-corrected chi connectivity index (χ4v) is 4.64. The second-order valence-corrected chi connectivity index (χ2v) is 8.48. The van der Waals surface area contributed by atoms with Crippen molar-refractivity contribution in [3.63, 3.8) is 0 Å². The van der Waals surface area contributed by atoms with Crippen molar-refractivity contribution in [1.82, 2.24) is 4.98 Å². The summed E-state index contributed by atoms with van der Waals surface area (Å²) in [7, 11) is -3.74. The highest BCUT2D eigenvalue weighted by molar-refractivity contribution is 7.92. The van der Waals surface area contributed by atoms with Crippen molar-refractivity contribution < 1.29 is 13.2 Å². The zero-order chi connectivity index (χ0) is 18.0. The molecule has 1 N–H and O–H groups in total. The Hall–Kier alpha value is -1.83. The smallest absolute Gasteiger partial charge is 0.261 e. The van der Waals surface area contributed by atoms with Crippen molar-refractivity contribution in [2.24, 2.45) is 0 Å². The van der Waals surface area contributed by atoms with Gasteiger partial charge in [-0.3, -0.25) is 4.72 Å². The molecule has 25 heavy (non-hydrogen) atoms. The third-order valence-corrected chi connectivity index (χ3v) is 6.34. The van der Waals surface area contributed by atoms with Crippen LogP contribution in [0, 0.1) is 0 Å². The molecule has 0 radical (unpaired) electrons. The van der Waals surface area contributed by atoms with Crippen LogP contribution >= 0.6 is 22.9 Å². The minimum absolute atomic E-state index is 0.0830. The van der Waals surface area contributed by atoms with Crippen LogP contribution in [0.1, 0.15) is 18.9 Å². The molecule has 8 heteroatoms. The van der Waals surface area contributed by atoms with Gasteiger partial charge in [0.25, 0.3) is 10.0 Å². The number of aromatic nitrogens is 1. The normalized spacial score (nSPS) is 11.6. The monoisotopic (exact) mass is 396 g/mol. The van der Waals surface area contributed by atoms with Gasteiger partial charge in [-0.1, -0.05) is 18.5 Å². The Balaban J connectivity index is 1.89. The van der Waals surface area contributed by atoms with Crippen LogP contribution in [0.4, 0.5) is 5.69 Å². The maximum atomic E-state index is 12.6. The maximum absolute atomic E-state index is 12.6. The number of nitrogens with zero attached hydrogens (tertiary/aromatic N) is 1. The Bertz CT molecular complexity index is 1020. The zero-order valence-corrected chi connectivity index (χ0v) is 16.1. The minimum atomic E-state index is -3.74. The molecule has 132 valence electrons. The van der Waals surface area contributed by atoms with E-state index in [1.807, 2.05) is 19.9 Å². The molecular weight excluding hydrogens is 380 g/mol. The number of rotatable bonds is 6. The summed E-state index contributed by atoms with van der Waals surface area (Å²) >= 11 is 7.65. The average Bonchev–Trinajstić information content (AvgIpc) is 2.99. The van der Waals surface area contributed by atoms with Crippen molar-refractivity contribution in [2.45, 2.75) is 25.2 Å². The minimum Gasteiger partial charge on any atom is -0.492 e. The molecule has 0 unspecified atom stereocenters. The van der Waals surface area contributed by atoms with Crippen LogP contribution < -0.4 is 9.46 Å². The molecule has 0 spiro atoms. The van der Waals surface area contributed by atoms with Crippen LogP contribution in [-0.2, 0) is 16.4 Å². The molecule has 0 aliphatic rings. The third kappa shape index (κ3) is 3.89. The first-order valence-electron chi connectivity index (χ1n) is 7.77. The van der Waals surface area contributed by atoms with Gasteiger partial charge in [0.15, 0.2) is 0 Å². The summed E-state index contributed by atoms with van der Waals surface area (Å²) in [5, 5.41) is 1.28. The first kappa shape index (κ1) is 18.0. The van der Waals surface area contributed by atoms with E-state index in [4.69, 9.17) is 16.3 Å². The number of hydrogen-bond acceptors (Lipinski definition) is 5. The van der Waals surface area contributed by atoms with Crippen molar-refractivity contribution in [1.29, 1.82) is 0 Å². The lowest BCUT2D eigenvalue weighted by Crippen LogP contribution is -2.13. The fourth-order valence-electron chi connectivity index (χ4n) is 2.32. The number of sulfonamides is 1. The van der Waals surface area contributed by atoms with Gasteiger partial charge >= 0.3 is 0 Å². The Labute approximate surface area is 155 Å². The first-order chi connectivity index (χ1) is 11.9. The highest BCUT2D eigenvalue weighted by Crippen LogP contribution is 2.30. The summed E-state index contributed by atoms with van der Waals surface area (Å²) in [4.78, 5) is 4.56. The molecule has 0 saturated heterocycles. The van der Waals surface area contributed by atoms with Crippen LogP contribution in [0.25, 0.3) is 10.2 Å². The van der Waals surface area contributed by atoms with Crippen LogP contribution in [0.3, 0.4) is 0 Å². The number of hydrogen-bond donors (Lipinski definition) is 1. The van der Waals surface area contributed by atoms with Gasteiger partial charge in [-0.25, -0.2) is 13.4 Å². The summed E-state index contributed by atoms with van der Waals surface area (Å²) in [6, 6.07) is 9.72. The number of halogens is 1. The predicted octanol–water partition coefficient (Wildman–Crippen LogP) is 4.71. The van der Waals surface area contributed by atoms with Gasteiger partial charge in [-0.05, 0) is 49.7 Å². The number of aryl methyl sites for hydroxylation is 1. The molecule has 2 aromatic carbocycles. The maximum Gasteiger partial charge on any atom is 0.261 e. The van der Waals surface area contributed by atoms with Crippen LogP contribution in [-0.4, -0.2) is 20.0 Å². The SMILES string of the molecule is CCOc1ccc(S(=O)(=O)Nc2ccc3nc(CC)sc3c2)cc1Cl. The van der Waals surface area contributed by atoms with Gasteiger partial charge < -0.3 is 4.74 Å². The molecule has 1 heterocycles. The van der Waals surface area contributed by atoms with Gasteiger partial charge in [0.05, 0.1) is 37.4 Å². The number of thiazole rings is 1. The van der Waals surface area contributed by atoms with Crippen molar-refractivity contribution in [3.8, 4) is 5.75 Å². The quantitative estimate of drug-likeness (QED) is 0.655. The number of anilines is 1. The molecule has 3 aromatic rings. The molecule has 5 nitrogen and oxygen atoms in total. The predicted molar refractivity (Wildman–Crippen MR) is 102 cm³/mol. The van der Waals surface area contributed by atoms with E-state index < -0.39 is 10.0 Å². The summed E-state index contributed by atoms with van der Waals surface area (Å²) in [6.07, 6.45) is 0.852. The van der Waals surface area contributed by atoms with E-state index >= 15 is 0 Å². The summed E-state index contributed by atoms with van der Waals surface area (Å²) < 4.78 is 34.1. The van der Waals surface area contributed by atoms with Gasteiger partial charge in [0.1, 0.15) is 5.75 Å². The molecule has 3 rings (SSSR count). The number of benzene rings is 2. The molecular formula is C17H17ClN2O3S2. The van der Waals surface area contributed by atoms with Gasteiger partial charge in [0, 0.05) is 0 Å². The second kappa shape index (κ2) is 7.19. The molecule has 1 aromatic heterocycles. The lowest BCUT2D eigenvalue weighted by molar-refractivity contribution is 0.340. The van der Waals surface area contributed by atoms with Crippen molar-refractivity contribution >= 4 is 48.9 Å². The number of nitrogens with one attached hydrogen (secondary N) is 1. The molecule has 0 bridgehead atoms. The topological polar surface area (TPSA) is 68.3 Å². The van der Waals surface area contributed by atoms with Gasteiger partial charge in [-0.15, -0.1) is 11.3 Å². The molecule has 0 amide bonds. The van der Waals surface area contributed by atoms with E-state index in [9.17, 15) is 8.42 Å². The van der Waals surface area contributed by atoms with Gasteiger partial charge in [-0.2, -0.15) is 0 Å². The second-order valence-electron chi connectivity index (χ2n) is 5.27. The first-order valence-corrected chi connectivity index (χ1v) is 10.5. The van der Waals surface area contributed by atoms with E-state index in [1.165, 1.54) is 12.1 Å². The Morgan fingerprint density at radius 3 is 2.68 bits per heavy atom. The van der Waals surface area contributed by atoms with E-state index in [0.29, 0.717) is 18.0 Å². The molecule has 0 atom stereocenters. The molecule has 0 fully saturated rings. The zero-order valence-electron chi connectivity index (χ0n) is 13.7. The highest BCUT2D eigenvalue weighted by atomic mass is 35.5. The fraction of sp³-hybridized carbons (Fsp3) is 0.235. The molecule has 0 aliphatic heterocycles. The third-order valence-electron chi connectivity index (χ3n) is 3.50. The van der Waals surface area contributed by atoms with E-state index in [2.05, 4.69) is 9.71 Å². The lowest BCUT2D eigenvalue weighted by atomic mass is 10.3.